The van der Waals surface area contributed by atoms with E-state index in [0.717, 1.165) is 43.0 Å². The topological polar surface area (TPSA) is 78.3 Å². The first kappa shape index (κ1) is 22.8. The highest BCUT2D eigenvalue weighted by atomic mass is 35.5. The molecule has 2 aromatic heterocycles. The fraction of sp³-hybridized carbons (Fsp3) is 0.292. The van der Waals surface area contributed by atoms with Gasteiger partial charge in [0.2, 0.25) is 0 Å². The largest absolute Gasteiger partial charge is 0.388 e. The number of pyridine rings is 1. The fourth-order valence-electron chi connectivity index (χ4n) is 3.67. The van der Waals surface area contributed by atoms with Gasteiger partial charge in [-0.3, -0.25) is 9.48 Å². The third-order valence-corrected chi connectivity index (χ3v) is 5.96. The summed E-state index contributed by atoms with van der Waals surface area (Å²) in [5.74, 6) is 0.680. The summed E-state index contributed by atoms with van der Waals surface area (Å²) >= 11 is 6.48. The lowest BCUT2D eigenvalue weighted by Gasteiger charge is -2.32. The van der Waals surface area contributed by atoms with Crippen molar-refractivity contribution in [1.82, 2.24) is 29.9 Å². The average Bonchev–Trinajstić information content (AvgIpc) is 3.26. The van der Waals surface area contributed by atoms with E-state index in [9.17, 15) is 4.79 Å². The van der Waals surface area contributed by atoms with Crippen LogP contribution in [0.25, 0.3) is 11.8 Å². The van der Waals surface area contributed by atoms with E-state index in [0.29, 0.717) is 22.1 Å². The van der Waals surface area contributed by atoms with Crippen molar-refractivity contribution < 1.29 is 4.79 Å². The van der Waals surface area contributed by atoms with E-state index in [1.54, 1.807) is 23.0 Å². The van der Waals surface area contributed by atoms with Gasteiger partial charge in [-0.15, -0.1) is 0 Å². The lowest BCUT2D eigenvalue weighted by Crippen LogP contribution is -2.47. The van der Waals surface area contributed by atoms with Gasteiger partial charge in [-0.25, -0.2) is 4.98 Å². The molecule has 9 heteroatoms. The van der Waals surface area contributed by atoms with E-state index >= 15 is 0 Å². The second-order valence-electron chi connectivity index (χ2n) is 8.10. The predicted molar refractivity (Wildman–Crippen MR) is 133 cm³/mol. The first-order valence-electron chi connectivity index (χ1n) is 10.8. The predicted octanol–water partition coefficient (Wildman–Crippen LogP) is 3.32. The summed E-state index contributed by atoms with van der Waals surface area (Å²) in [6.07, 6.45) is 7.56. The number of piperazine rings is 1. The normalized spacial score (nSPS) is 14.9. The van der Waals surface area contributed by atoms with Gasteiger partial charge in [0.25, 0.3) is 5.91 Å². The Labute approximate surface area is 198 Å². The Morgan fingerprint density at radius 1 is 1.06 bits per heavy atom. The lowest BCUT2D eigenvalue weighted by atomic mass is 10.1. The highest BCUT2D eigenvalue weighted by molar-refractivity contribution is 6.33. The third kappa shape index (κ3) is 5.53. The van der Waals surface area contributed by atoms with Crippen LogP contribution in [-0.4, -0.2) is 70.7 Å². The van der Waals surface area contributed by atoms with Crippen LogP contribution in [0, 0.1) is 0 Å². The summed E-state index contributed by atoms with van der Waals surface area (Å²) in [5, 5.41) is 11.1. The fourth-order valence-corrected chi connectivity index (χ4v) is 3.90. The van der Waals surface area contributed by atoms with E-state index in [2.05, 4.69) is 32.7 Å². The van der Waals surface area contributed by atoms with Crippen molar-refractivity contribution in [3.05, 3.63) is 70.6 Å². The Hall–Kier alpha value is -3.36. The molecule has 0 atom stereocenters. The Balaban J connectivity index is 1.43. The number of carbonyl (C=O) groups excluding carboxylic acids is 1. The van der Waals surface area contributed by atoms with E-state index in [4.69, 9.17) is 11.6 Å². The Morgan fingerprint density at radius 3 is 2.45 bits per heavy atom. The van der Waals surface area contributed by atoms with Gasteiger partial charge in [0, 0.05) is 69.5 Å². The van der Waals surface area contributed by atoms with E-state index < -0.39 is 0 Å². The minimum atomic E-state index is 0.0137. The number of hydrogen-bond acceptors (Lipinski definition) is 6. The number of halogens is 1. The van der Waals surface area contributed by atoms with Crippen molar-refractivity contribution in [2.24, 2.45) is 7.05 Å². The van der Waals surface area contributed by atoms with Gasteiger partial charge in [-0.2, -0.15) is 5.10 Å². The lowest BCUT2D eigenvalue weighted by molar-refractivity contribution is 0.0664. The van der Waals surface area contributed by atoms with Crippen molar-refractivity contribution >= 4 is 40.8 Å². The standard InChI is InChI=1S/C24H28ClN7O/c1-26-22(19-15-28-31(3)16-19)12-17-4-7-23(27-14-17)29-21-6-5-18(13-20(21)25)24(33)32-10-8-30(2)9-11-32/h4-7,12-16,26H,8-11H2,1-3H3,(H,27,29)/b22-12-. The van der Waals surface area contributed by atoms with Gasteiger partial charge in [0.15, 0.2) is 0 Å². The minimum absolute atomic E-state index is 0.0137. The third-order valence-electron chi connectivity index (χ3n) is 5.65. The van der Waals surface area contributed by atoms with Crippen molar-refractivity contribution in [3.8, 4) is 0 Å². The smallest absolute Gasteiger partial charge is 0.253 e. The van der Waals surface area contributed by atoms with Crippen molar-refractivity contribution in [3.63, 3.8) is 0 Å². The number of nitrogens with zero attached hydrogens (tertiary/aromatic N) is 5. The molecule has 0 saturated carbocycles. The summed E-state index contributed by atoms with van der Waals surface area (Å²) in [7, 11) is 5.83. The van der Waals surface area contributed by atoms with Gasteiger partial charge in [-0.05, 0) is 49.0 Å². The van der Waals surface area contributed by atoms with Crippen LogP contribution >= 0.6 is 11.6 Å². The zero-order valence-corrected chi connectivity index (χ0v) is 19.8. The van der Waals surface area contributed by atoms with Gasteiger partial charge in [-0.1, -0.05) is 11.6 Å². The van der Waals surface area contributed by atoms with E-state index in [1.807, 2.05) is 55.7 Å². The molecule has 0 spiro atoms. The van der Waals surface area contributed by atoms with Crippen LogP contribution in [0.15, 0.2) is 48.9 Å². The Kier molecular flexibility index (Phi) is 6.96. The summed E-state index contributed by atoms with van der Waals surface area (Å²) in [4.78, 5) is 21.4. The molecule has 0 radical (unpaired) electrons. The molecule has 1 saturated heterocycles. The number of nitrogens with one attached hydrogen (secondary N) is 2. The number of rotatable bonds is 6. The highest BCUT2D eigenvalue weighted by Gasteiger charge is 2.21. The van der Waals surface area contributed by atoms with Crippen molar-refractivity contribution in [1.29, 1.82) is 0 Å². The van der Waals surface area contributed by atoms with Gasteiger partial charge < -0.3 is 20.4 Å². The number of carbonyl (C=O) groups is 1. The van der Waals surface area contributed by atoms with Crippen LogP contribution < -0.4 is 10.6 Å². The molecule has 172 valence electrons. The number of likely N-dealkylation sites (N-methyl/N-ethyl adjacent to an activating group) is 1. The minimum Gasteiger partial charge on any atom is -0.388 e. The quantitative estimate of drug-likeness (QED) is 0.581. The first-order valence-corrected chi connectivity index (χ1v) is 11.2. The molecule has 1 aliphatic heterocycles. The van der Waals surface area contributed by atoms with Gasteiger partial charge in [0.1, 0.15) is 5.82 Å². The molecular formula is C24H28ClN7O. The molecule has 1 fully saturated rings. The number of amides is 1. The second kappa shape index (κ2) is 10.1. The highest BCUT2D eigenvalue weighted by Crippen LogP contribution is 2.27. The van der Waals surface area contributed by atoms with Crippen LogP contribution in [0.1, 0.15) is 21.5 Å². The zero-order chi connectivity index (χ0) is 23.4. The first-order chi connectivity index (χ1) is 15.9. The molecule has 2 N–H and O–H groups in total. The zero-order valence-electron chi connectivity index (χ0n) is 19.0. The summed E-state index contributed by atoms with van der Waals surface area (Å²) < 4.78 is 1.76. The molecule has 0 unspecified atom stereocenters. The molecule has 1 aromatic carbocycles. The summed E-state index contributed by atoms with van der Waals surface area (Å²) in [5.41, 5.74) is 4.20. The number of hydrogen-bond donors (Lipinski definition) is 2. The van der Waals surface area contributed by atoms with Crippen molar-refractivity contribution in [2.75, 3.05) is 45.6 Å². The van der Waals surface area contributed by atoms with Crippen LogP contribution in [-0.2, 0) is 7.05 Å². The van der Waals surface area contributed by atoms with Crippen LogP contribution in [0.4, 0.5) is 11.5 Å². The molecule has 8 nitrogen and oxygen atoms in total. The summed E-state index contributed by atoms with van der Waals surface area (Å²) in [6, 6.07) is 9.21. The van der Waals surface area contributed by atoms with Gasteiger partial charge >= 0.3 is 0 Å². The average molecular weight is 466 g/mol. The Bertz CT molecular complexity index is 1150. The Morgan fingerprint density at radius 2 is 1.85 bits per heavy atom. The van der Waals surface area contributed by atoms with E-state index in [-0.39, 0.29) is 5.91 Å². The molecular weight excluding hydrogens is 438 g/mol. The molecule has 0 bridgehead atoms. The molecule has 3 aromatic rings. The SMILES string of the molecule is CN/C(=C\c1ccc(Nc2ccc(C(=O)N3CCN(C)CC3)cc2Cl)nc1)c1cnn(C)c1. The van der Waals surface area contributed by atoms with Crippen LogP contribution in [0.2, 0.25) is 5.02 Å². The summed E-state index contributed by atoms with van der Waals surface area (Å²) in [6.45, 7) is 3.23. The van der Waals surface area contributed by atoms with Crippen LogP contribution in [0.5, 0.6) is 0 Å². The number of aryl methyl sites for hydroxylation is 1. The maximum Gasteiger partial charge on any atom is 0.253 e. The van der Waals surface area contributed by atoms with E-state index in [1.165, 1.54) is 0 Å². The maximum absolute atomic E-state index is 12.8. The molecule has 4 rings (SSSR count). The molecule has 1 aliphatic rings. The number of anilines is 2. The van der Waals surface area contributed by atoms with Crippen LogP contribution in [0.3, 0.4) is 0 Å². The molecule has 0 aliphatic carbocycles. The maximum atomic E-state index is 12.8. The number of benzene rings is 1. The molecule has 33 heavy (non-hydrogen) atoms. The monoisotopic (exact) mass is 465 g/mol. The molecule has 1 amide bonds. The second-order valence-corrected chi connectivity index (χ2v) is 8.51. The van der Waals surface area contributed by atoms with Gasteiger partial charge in [0.05, 0.1) is 16.9 Å². The van der Waals surface area contributed by atoms with Crippen molar-refractivity contribution in [2.45, 2.75) is 0 Å². The number of aromatic nitrogens is 3. The molecule has 3 heterocycles.